The molecule has 1 aromatic rings. The van der Waals surface area contributed by atoms with Gasteiger partial charge in [0.05, 0.1) is 5.56 Å². The van der Waals surface area contributed by atoms with Crippen LogP contribution in [0, 0.1) is 0 Å². The van der Waals surface area contributed by atoms with Gasteiger partial charge in [-0.3, -0.25) is 4.79 Å². The first-order valence-corrected chi connectivity index (χ1v) is 8.29. The molecule has 0 saturated carbocycles. The Kier molecular flexibility index (Phi) is 8.14. The molecule has 0 fully saturated rings. The second-order valence-corrected chi connectivity index (χ2v) is 5.41. The first kappa shape index (κ1) is 15.9. The Hall–Kier alpha value is -1.16. The van der Waals surface area contributed by atoms with Gasteiger partial charge in [0.2, 0.25) is 0 Å². The van der Waals surface area contributed by atoms with Crippen molar-refractivity contribution < 1.29 is 4.79 Å². The second-order valence-electron chi connectivity index (χ2n) is 4.43. The van der Waals surface area contributed by atoms with Gasteiger partial charge in [-0.05, 0) is 43.4 Å². The van der Waals surface area contributed by atoms with Crippen LogP contribution in [-0.2, 0) is 0 Å². The third-order valence-corrected chi connectivity index (χ3v) is 3.49. The van der Waals surface area contributed by atoms with Crippen LogP contribution in [0.5, 0.6) is 0 Å². The van der Waals surface area contributed by atoms with E-state index in [2.05, 4.69) is 23.8 Å². The summed E-state index contributed by atoms with van der Waals surface area (Å²) in [5, 5.41) is 6.28. The van der Waals surface area contributed by atoms with Crippen molar-refractivity contribution in [2.24, 2.45) is 0 Å². The standard InChI is InChI=1S/C15H24N2OS/c1-3-10-16-14-9-5-4-8-13(14)15(18)17-11-6-7-12-19-2/h4-5,8-9,16H,3,6-7,10-12H2,1-2H3,(H,17,18). The van der Waals surface area contributed by atoms with Gasteiger partial charge in [-0.1, -0.05) is 19.1 Å². The predicted octanol–water partition coefficient (Wildman–Crippen LogP) is 3.38. The average Bonchev–Trinajstić information content (AvgIpc) is 2.45. The lowest BCUT2D eigenvalue weighted by Gasteiger charge is -2.11. The number of hydrogen-bond acceptors (Lipinski definition) is 3. The number of nitrogens with one attached hydrogen (secondary N) is 2. The van der Waals surface area contributed by atoms with Crippen LogP contribution in [-0.4, -0.2) is 31.0 Å². The Morgan fingerprint density at radius 2 is 2.00 bits per heavy atom. The Morgan fingerprint density at radius 1 is 1.21 bits per heavy atom. The van der Waals surface area contributed by atoms with Gasteiger partial charge in [0.15, 0.2) is 0 Å². The van der Waals surface area contributed by atoms with E-state index in [9.17, 15) is 4.79 Å². The Balaban J connectivity index is 2.46. The highest BCUT2D eigenvalue weighted by atomic mass is 32.2. The molecule has 2 N–H and O–H groups in total. The van der Waals surface area contributed by atoms with E-state index in [-0.39, 0.29) is 5.91 Å². The maximum Gasteiger partial charge on any atom is 0.253 e. The molecule has 0 bridgehead atoms. The van der Waals surface area contributed by atoms with Gasteiger partial charge >= 0.3 is 0 Å². The minimum Gasteiger partial charge on any atom is -0.384 e. The van der Waals surface area contributed by atoms with E-state index in [1.165, 1.54) is 0 Å². The summed E-state index contributed by atoms with van der Waals surface area (Å²) in [5.74, 6) is 1.17. The molecule has 19 heavy (non-hydrogen) atoms. The number of hydrogen-bond donors (Lipinski definition) is 2. The summed E-state index contributed by atoms with van der Waals surface area (Å²) >= 11 is 1.85. The first-order valence-electron chi connectivity index (χ1n) is 6.89. The molecular formula is C15H24N2OS. The van der Waals surface area contributed by atoms with Gasteiger partial charge in [-0.25, -0.2) is 0 Å². The summed E-state index contributed by atoms with van der Waals surface area (Å²) < 4.78 is 0. The number of thioether (sulfide) groups is 1. The van der Waals surface area contributed by atoms with Crippen LogP contribution in [0.25, 0.3) is 0 Å². The van der Waals surface area contributed by atoms with Crippen LogP contribution in [0.4, 0.5) is 5.69 Å². The lowest BCUT2D eigenvalue weighted by molar-refractivity contribution is 0.0954. The number of rotatable bonds is 9. The third kappa shape index (κ3) is 6.01. The molecule has 1 amide bonds. The van der Waals surface area contributed by atoms with Crippen LogP contribution in [0.15, 0.2) is 24.3 Å². The number of amides is 1. The van der Waals surface area contributed by atoms with E-state index >= 15 is 0 Å². The van der Waals surface area contributed by atoms with Crippen molar-refractivity contribution in [3.05, 3.63) is 29.8 Å². The van der Waals surface area contributed by atoms with Gasteiger partial charge in [0, 0.05) is 18.8 Å². The number of carbonyl (C=O) groups excluding carboxylic acids is 1. The predicted molar refractivity (Wildman–Crippen MR) is 85.2 cm³/mol. The summed E-state index contributed by atoms with van der Waals surface area (Å²) in [6, 6.07) is 7.68. The Bertz CT molecular complexity index is 382. The van der Waals surface area contributed by atoms with E-state index in [1.807, 2.05) is 36.0 Å². The van der Waals surface area contributed by atoms with Crippen LogP contribution in [0.1, 0.15) is 36.5 Å². The molecule has 0 aliphatic carbocycles. The number of para-hydroxylation sites is 1. The van der Waals surface area contributed by atoms with Crippen molar-refractivity contribution in [2.75, 3.05) is 30.4 Å². The Morgan fingerprint density at radius 3 is 2.74 bits per heavy atom. The monoisotopic (exact) mass is 280 g/mol. The summed E-state index contributed by atoms with van der Waals surface area (Å²) in [6.07, 6.45) is 5.34. The van der Waals surface area contributed by atoms with Crippen LogP contribution >= 0.6 is 11.8 Å². The van der Waals surface area contributed by atoms with E-state index < -0.39 is 0 Å². The van der Waals surface area contributed by atoms with Gasteiger partial charge in [0.1, 0.15) is 0 Å². The largest absolute Gasteiger partial charge is 0.384 e. The van der Waals surface area contributed by atoms with Gasteiger partial charge < -0.3 is 10.6 Å². The third-order valence-electron chi connectivity index (χ3n) is 2.80. The zero-order chi connectivity index (χ0) is 13.9. The molecule has 106 valence electrons. The highest BCUT2D eigenvalue weighted by molar-refractivity contribution is 7.98. The summed E-state index contributed by atoms with van der Waals surface area (Å²) in [4.78, 5) is 12.1. The van der Waals surface area contributed by atoms with Crippen molar-refractivity contribution in [2.45, 2.75) is 26.2 Å². The maximum atomic E-state index is 12.1. The number of benzene rings is 1. The van der Waals surface area contributed by atoms with Gasteiger partial charge in [-0.15, -0.1) is 0 Å². The van der Waals surface area contributed by atoms with Gasteiger partial charge in [-0.2, -0.15) is 11.8 Å². The van der Waals surface area contributed by atoms with Crippen molar-refractivity contribution >= 4 is 23.4 Å². The molecule has 1 rings (SSSR count). The number of anilines is 1. The average molecular weight is 280 g/mol. The van der Waals surface area contributed by atoms with E-state index in [1.54, 1.807) is 0 Å². The number of carbonyl (C=O) groups is 1. The molecule has 0 radical (unpaired) electrons. The van der Waals surface area contributed by atoms with E-state index in [4.69, 9.17) is 0 Å². The van der Waals surface area contributed by atoms with E-state index in [0.29, 0.717) is 0 Å². The molecule has 0 saturated heterocycles. The minimum absolute atomic E-state index is 0.0170. The molecule has 0 aliphatic rings. The molecule has 1 aromatic carbocycles. The quantitative estimate of drug-likeness (QED) is 0.681. The molecule has 0 atom stereocenters. The normalized spacial score (nSPS) is 10.2. The topological polar surface area (TPSA) is 41.1 Å². The lowest BCUT2D eigenvalue weighted by Crippen LogP contribution is -2.25. The van der Waals surface area contributed by atoms with E-state index in [0.717, 1.165) is 49.4 Å². The fourth-order valence-electron chi connectivity index (χ4n) is 1.76. The molecule has 0 aliphatic heterocycles. The van der Waals surface area contributed by atoms with Crippen molar-refractivity contribution in [1.82, 2.24) is 5.32 Å². The fourth-order valence-corrected chi connectivity index (χ4v) is 2.26. The fraction of sp³-hybridized carbons (Fsp3) is 0.533. The summed E-state index contributed by atoms with van der Waals surface area (Å²) in [7, 11) is 0. The highest BCUT2D eigenvalue weighted by Gasteiger charge is 2.09. The molecule has 0 heterocycles. The van der Waals surface area contributed by atoms with Crippen molar-refractivity contribution in [3.63, 3.8) is 0 Å². The Labute approximate surface area is 120 Å². The van der Waals surface area contributed by atoms with Crippen LogP contribution in [0.2, 0.25) is 0 Å². The van der Waals surface area contributed by atoms with Crippen molar-refractivity contribution in [1.29, 1.82) is 0 Å². The first-order chi connectivity index (χ1) is 9.29. The molecule has 0 aromatic heterocycles. The zero-order valence-electron chi connectivity index (χ0n) is 11.9. The summed E-state index contributed by atoms with van der Waals surface area (Å²) in [6.45, 7) is 3.75. The van der Waals surface area contributed by atoms with Crippen LogP contribution in [0.3, 0.4) is 0 Å². The maximum absolute atomic E-state index is 12.1. The minimum atomic E-state index is 0.0170. The molecule has 4 heteroatoms. The molecule has 0 spiro atoms. The molecule has 0 unspecified atom stereocenters. The molecule has 3 nitrogen and oxygen atoms in total. The van der Waals surface area contributed by atoms with Crippen molar-refractivity contribution in [3.8, 4) is 0 Å². The van der Waals surface area contributed by atoms with Gasteiger partial charge in [0.25, 0.3) is 5.91 Å². The highest BCUT2D eigenvalue weighted by Crippen LogP contribution is 2.14. The zero-order valence-corrected chi connectivity index (χ0v) is 12.7. The second kappa shape index (κ2) is 9.73. The molecular weight excluding hydrogens is 256 g/mol. The van der Waals surface area contributed by atoms with Crippen LogP contribution < -0.4 is 10.6 Å². The smallest absolute Gasteiger partial charge is 0.253 e. The summed E-state index contributed by atoms with van der Waals surface area (Å²) in [5.41, 5.74) is 1.66. The number of unbranched alkanes of at least 4 members (excludes halogenated alkanes) is 1. The lowest BCUT2D eigenvalue weighted by atomic mass is 10.1. The SMILES string of the molecule is CCCNc1ccccc1C(=O)NCCCCSC.